The number of carbonyl (C=O) groups is 3. The molecule has 3 aromatic carbocycles. The van der Waals surface area contributed by atoms with Gasteiger partial charge in [-0.1, -0.05) is 26.0 Å². The van der Waals surface area contributed by atoms with E-state index in [0.717, 1.165) is 4.90 Å². The summed E-state index contributed by atoms with van der Waals surface area (Å²) >= 11 is 0. The summed E-state index contributed by atoms with van der Waals surface area (Å²) in [6, 6.07) is 18.8. The summed E-state index contributed by atoms with van der Waals surface area (Å²) in [6.45, 7) is 3.57. The van der Waals surface area contributed by atoms with E-state index in [4.69, 9.17) is 9.15 Å². The fourth-order valence-electron chi connectivity index (χ4n) is 4.52. The average molecular weight is 497 g/mol. The lowest BCUT2D eigenvalue weighted by Gasteiger charge is -2.28. The van der Waals surface area contributed by atoms with Gasteiger partial charge in [0.25, 0.3) is 11.8 Å². The van der Waals surface area contributed by atoms with Crippen molar-refractivity contribution in [2.45, 2.75) is 19.9 Å². The van der Waals surface area contributed by atoms with Gasteiger partial charge >= 0.3 is 0 Å². The lowest BCUT2D eigenvalue weighted by molar-refractivity contribution is -0.121. The first-order valence-electron chi connectivity index (χ1n) is 11.8. The molecule has 8 nitrogen and oxygen atoms in total. The van der Waals surface area contributed by atoms with Crippen LogP contribution in [-0.2, 0) is 4.79 Å². The molecule has 1 unspecified atom stereocenters. The molecule has 8 heteroatoms. The Morgan fingerprint density at radius 1 is 0.892 bits per heavy atom. The maximum atomic E-state index is 13.3. The first kappa shape index (κ1) is 24.0. The molecule has 0 radical (unpaired) electrons. The van der Waals surface area contributed by atoms with Crippen LogP contribution in [0.15, 0.2) is 82.0 Å². The van der Waals surface area contributed by atoms with Crippen molar-refractivity contribution < 1.29 is 23.5 Å². The Hall–Kier alpha value is -4.72. The van der Waals surface area contributed by atoms with E-state index in [2.05, 4.69) is 5.32 Å². The molecule has 37 heavy (non-hydrogen) atoms. The first-order chi connectivity index (χ1) is 17.8. The molecule has 3 amide bonds. The van der Waals surface area contributed by atoms with E-state index >= 15 is 0 Å². The SMILES string of the molecule is COc1ccc2oc(-c3ccc(NC(=O)C(C(C)C)N4C(=O)c5ccccc5C4=O)cc3)cc(=O)c2c1. The summed E-state index contributed by atoms with van der Waals surface area (Å²) in [4.78, 5) is 52.8. The Labute approximate surface area is 212 Å². The Morgan fingerprint density at radius 2 is 1.54 bits per heavy atom. The highest BCUT2D eigenvalue weighted by molar-refractivity contribution is 6.23. The summed E-state index contributed by atoms with van der Waals surface area (Å²) in [7, 11) is 1.53. The Morgan fingerprint density at radius 3 is 2.14 bits per heavy atom. The summed E-state index contributed by atoms with van der Waals surface area (Å²) in [5.41, 5.74) is 1.95. The third kappa shape index (κ3) is 4.27. The summed E-state index contributed by atoms with van der Waals surface area (Å²) in [5, 5.41) is 3.23. The van der Waals surface area contributed by atoms with Gasteiger partial charge in [0.15, 0.2) is 5.43 Å². The second-order valence-corrected chi connectivity index (χ2v) is 9.12. The second-order valence-electron chi connectivity index (χ2n) is 9.12. The number of nitrogens with one attached hydrogen (secondary N) is 1. The molecule has 186 valence electrons. The van der Waals surface area contributed by atoms with Gasteiger partial charge in [-0.15, -0.1) is 0 Å². The number of hydrogen-bond acceptors (Lipinski definition) is 6. The Kier molecular flexibility index (Phi) is 6.09. The number of fused-ring (bicyclic) bond motifs is 2. The van der Waals surface area contributed by atoms with Crippen LogP contribution in [0.1, 0.15) is 34.6 Å². The third-order valence-electron chi connectivity index (χ3n) is 6.38. The second kappa shape index (κ2) is 9.39. The van der Waals surface area contributed by atoms with Crippen molar-refractivity contribution in [2.24, 2.45) is 5.92 Å². The number of rotatable bonds is 6. The molecule has 1 atom stereocenters. The molecule has 0 saturated carbocycles. The van der Waals surface area contributed by atoms with Crippen LogP contribution in [0.2, 0.25) is 0 Å². The minimum Gasteiger partial charge on any atom is -0.497 e. The monoisotopic (exact) mass is 496 g/mol. The number of methoxy groups -OCH3 is 1. The number of nitrogens with zero attached hydrogens (tertiary/aromatic N) is 1. The zero-order valence-corrected chi connectivity index (χ0v) is 20.5. The van der Waals surface area contributed by atoms with Gasteiger partial charge in [0.05, 0.1) is 23.6 Å². The molecular formula is C29H24N2O6. The van der Waals surface area contributed by atoms with Crippen LogP contribution < -0.4 is 15.5 Å². The Balaban J connectivity index is 1.37. The number of benzene rings is 3. The molecule has 5 rings (SSSR count). The van der Waals surface area contributed by atoms with E-state index < -0.39 is 23.8 Å². The van der Waals surface area contributed by atoms with E-state index in [1.807, 2.05) is 0 Å². The van der Waals surface area contributed by atoms with Crippen LogP contribution in [0.5, 0.6) is 5.75 Å². The van der Waals surface area contributed by atoms with Gasteiger partial charge in [-0.05, 0) is 60.5 Å². The van der Waals surface area contributed by atoms with Crippen LogP contribution in [0.3, 0.4) is 0 Å². The topological polar surface area (TPSA) is 106 Å². The highest BCUT2D eigenvalue weighted by Gasteiger charge is 2.43. The molecule has 1 aliphatic heterocycles. The smallest absolute Gasteiger partial charge is 0.262 e. The predicted molar refractivity (Wildman–Crippen MR) is 139 cm³/mol. The fraction of sp³-hybridized carbons (Fsp3) is 0.172. The number of anilines is 1. The van der Waals surface area contributed by atoms with Gasteiger partial charge in [0.1, 0.15) is 23.1 Å². The minimum atomic E-state index is -0.984. The van der Waals surface area contributed by atoms with E-state index in [9.17, 15) is 19.2 Å². The van der Waals surface area contributed by atoms with Crippen LogP contribution in [0.4, 0.5) is 5.69 Å². The van der Waals surface area contributed by atoms with Gasteiger partial charge in [-0.3, -0.25) is 24.1 Å². The summed E-state index contributed by atoms with van der Waals surface area (Å²) in [6.07, 6.45) is 0. The maximum Gasteiger partial charge on any atom is 0.262 e. The minimum absolute atomic E-state index is 0.201. The van der Waals surface area contributed by atoms with E-state index in [-0.39, 0.29) is 11.3 Å². The highest BCUT2D eigenvalue weighted by atomic mass is 16.5. The van der Waals surface area contributed by atoms with E-state index in [0.29, 0.717) is 44.9 Å². The van der Waals surface area contributed by atoms with Crippen molar-refractivity contribution in [3.8, 4) is 17.1 Å². The van der Waals surface area contributed by atoms with Crippen molar-refractivity contribution >= 4 is 34.4 Å². The van der Waals surface area contributed by atoms with Crippen molar-refractivity contribution in [1.82, 2.24) is 4.90 Å². The van der Waals surface area contributed by atoms with Gasteiger partial charge in [0, 0.05) is 17.3 Å². The standard InChI is InChI=1S/C29H24N2O6/c1-16(2)26(31-28(34)20-6-4-5-7-21(20)29(31)35)27(33)30-18-10-8-17(9-11-18)25-15-23(32)22-14-19(36-3)12-13-24(22)37-25/h4-16,26H,1-3H3,(H,30,33). The van der Waals surface area contributed by atoms with Gasteiger partial charge in [-0.25, -0.2) is 0 Å². The highest BCUT2D eigenvalue weighted by Crippen LogP contribution is 2.29. The van der Waals surface area contributed by atoms with Crippen LogP contribution >= 0.6 is 0 Å². The molecule has 0 aliphatic carbocycles. The maximum absolute atomic E-state index is 13.3. The van der Waals surface area contributed by atoms with E-state index in [1.54, 1.807) is 80.6 Å². The average Bonchev–Trinajstić information content (AvgIpc) is 3.14. The lowest BCUT2D eigenvalue weighted by atomic mass is 10.0. The number of imide groups is 1. The lowest BCUT2D eigenvalue weighted by Crippen LogP contribution is -2.50. The molecular weight excluding hydrogens is 472 g/mol. The molecule has 0 spiro atoms. The third-order valence-corrected chi connectivity index (χ3v) is 6.38. The number of carbonyl (C=O) groups excluding carboxylic acids is 3. The summed E-state index contributed by atoms with van der Waals surface area (Å²) < 4.78 is 11.1. The summed E-state index contributed by atoms with van der Waals surface area (Å²) in [5.74, 6) is -0.793. The van der Waals surface area contributed by atoms with Crippen LogP contribution in [-0.4, -0.2) is 35.8 Å². The van der Waals surface area contributed by atoms with Gasteiger partial charge < -0.3 is 14.5 Å². The zero-order chi connectivity index (χ0) is 26.3. The molecule has 1 N–H and O–H groups in total. The number of amides is 3. The molecule has 0 fully saturated rings. The van der Waals surface area contributed by atoms with E-state index in [1.165, 1.54) is 13.2 Å². The van der Waals surface area contributed by atoms with Gasteiger partial charge in [-0.2, -0.15) is 0 Å². The largest absolute Gasteiger partial charge is 0.497 e. The predicted octanol–water partition coefficient (Wildman–Crippen LogP) is 4.73. The normalized spacial score (nSPS) is 13.7. The van der Waals surface area contributed by atoms with Crippen molar-refractivity contribution in [3.05, 3.63) is 94.1 Å². The van der Waals surface area contributed by atoms with Crippen molar-refractivity contribution in [1.29, 1.82) is 0 Å². The molecule has 4 aromatic rings. The number of ether oxygens (including phenoxy) is 1. The van der Waals surface area contributed by atoms with Crippen LogP contribution in [0, 0.1) is 5.92 Å². The van der Waals surface area contributed by atoms with Crippen molar-refractivity contribution in [3.63, 3.8) is 0 Å². The number of hydrogen-bond donors (Lipinski definition) is 1. The zero-order valence-electron chi connectivity index (χ0n) is 20.5. The molecule has 2 heterocycles. The molecule has 1 aliphatic rings. The Bertz CT molecular complexity index is 1570. The fourth-order valence-corrected chi connectivity index (χ4v) is 4.52. The quantitative estimate of drug-likeness (QED) is 0.387. The van der Waals surface area contributed by atoms with Crippen LogP contribution in [0.25, 0.3) is 22.3 Å². The molecule has 1 aromatic heterocycles. The first-order valence-corrected chi connectivity index (χ1v) is 11.8. The van der Waals surface area contributed by atoms with Gasteiger partial charge in [0.2, 0.25) is 5.91 Å². The molecule has 0 saturated heterocycles. The molecule has 0 bridgehead atoms. The van der Waals surface area contributed by atoms with Crippen molar-refractivity contribution in [2.75, 3.05) is 12.4 Å².